The molecule has 2 aromatic rings. The number of carboxylic acids is 1. The normalized spacial score (nSPS) is 15.0. The molecule has 1 fully saturated rings. The van der Waals surface area contributed by atoms with E-state index in [4.69, 9.17) is 16.3 Å². The maximum atomic E-state index is 12.9. The number of benzene rings is 2. The lowest BCUT2D eigenvalue weighted by atomic mass is 9.69. The van der Waals surface area contributed by atoms with Gasteiger partial charge in [-0.1, -0.05) is 55.1 Å². The zero-order chi connectivity index (χ0) is 24.0. The van der Waals surface area contributed by atoms with Crippen molar-refractivity contribution in [2.45, 2.75) is 50.4 Å². The van der Waals surface area contributed by atoms with Gasteiger partial charge in [0.25, 0.3) is 5.91 Å². The number of hydrogen-bond acceptors (Lipinski definition) is 4. The number of hydrogen-bond donors (Lipinski definition) is 1. The molecule has 0 aliphatic heterocycles. The first-order chi connectivity index (χ1) is 15.8. The summed E-state index contributed by atoms with van der Waals surface area (Å²) in [4.78, 5) is 37.8. The molecule has 6 nitrogen and oxygen atoms in total. The maximum Gasteiger partial charge on any atom is 0.314 e. The molecule has 3 rings (SSSR count). The summed E-state index contributed by atoms with van der Waals surface area (Å²) in [6, 6.07) is 10.8. The smallest absolute Gasteiger partial charge is 0.314 e. The molecule has 1 aliphatic rings. The second kappa shape index (κ2) is 10.8. The summed E-state index contributed by atoms with van der Waals surface area (Å²) in [5.41, 5.74) is 1.73. The minimum absolute atomic E-state index is 0.203. The van der Waals surface area contributed by atoms with Gasteiger partial charge in [-0.05, 0) is 48.9 Å². The van der Waals surface area contributed by atoms with Crippen molar-refractivity contribution >= 4 is 29.8 Å². The highest BCUT2D eigenvalue weighted by Crippen LogP contribution is 2.40. The van der Waals surface area contributed by atoms with Gasteiger partial charge in [0.1, 0.15) is 5.75 Å². The van der Waals surface area contributed by atoms with Crippen LogP contribution in [0, 0.1) is 0 Å². The zero-order valence-electron chi connectivity index (χ0n) is 19.1. The fourth-order valence-corrected chi connectivity index (χ4v) is 4.89. The Morgan fingerprint density at radius 2 is 1.91 bits per heavy atom. The number of carbonyl (C=O) groups is 3. The van der Waals surface area contributed by atoms with Gasteiger partial charge < -0.3 is 14.7 Å². The molecule has 2 aromatic carbocycles. The van der Waals surface area contributed by atoms with E-state index in [2.05, 4.69) is 0 Å². The Morgan fingerprint density at radius 3 is 2.55 bits per heavy atom. The van der Waals surface area contributed by atoms with Crippen LogP contribution in [0.25, 0.3) is 0 Å². The van der Waals surface area contributed by atoms with Crippen molar-refractivity contribution in [3.8, 4) is 5.75 Å². The molecule has 0 bridgehead atoms. The number of aliphatic carboxylic acids is 1. The number of nitrogens with zero attached hydrogens (tertiary/aromatic N) is 1. The first kappa shape index (κ1) is 24.8. The predicted octanol–water partition coefficient (Wildman–Crippen LogP) is 5.15. The third kappa shape index (κ3) is 5.38. The van der Waals surface area contributed by atoms with Crippen LogP contribution in [-0.2, 0) is 16.6 Å². The predicted molar refractivity (Wildman–Crippen MR) is 128 cm³/mol. The molecule has 176 valence electrons. The molecule has 33 heavy (non-hydrogen) atoms. The summed E-state index contributed by atoms with van der Waals surface area (Å²) < 4.78 is 5.18. The SMILES string of the molecule is COc1cc(C(=O)N(C)CCCc2cccc(C3(C(=O)O)CCCCC3)c2)c(Cl)cc1C=O. The van der Waals surface area contributed by atoms with Crippen molar-refractivity contribution in [2.24, 2.45) is 0 Å². The van der Waals surface area contributed by atoms with E-state index >= 15 is 0 Å². The van der Waals surface area contributed by atoms with E-state index in [0.29, 0.717) is 43.4 Å². The standard InChI is InChI=1S/C26H30ClNO5/c1-28(24(30)21-16-23(33-2)19(17-29)15-22(21)27)13-7-9-18-8-6-10-20(14-18)26(25(31)32)11-4-3-5-12-26/h6,8,10,14-17H,3-5,7,9,11-13H2,1-2H3,(H,31,32). The van der Waals surface area contributed by atoms with E-state index in [1.165, 1.54) is 19.2 Å². The first-order valence-corrected chi connectivity index (χ1v) is 11.6. The van der Waals surface area contributed by atoms with Crippen molar-refractivity contribution in [1.29, 1.82) is 0 Å². The topological polar surface area (TPSA) is 83.9 Å². The molecule has 0 unspecified atom stereocenters. The first-order valence-electron chi connectivity index (χ1n) is 11.2. The molecular weight excluding hydrogens is 442 g/mol. The molecule has 0 atom stereocenters. The third-order valence-electron chi connectivity index (χ3n) is 6.58. The largest absolute Gasteiger partial charge is 0.496 e. The number of methoxy groups -OCH3 is 1. The zero-order valence-corrected chi connectivity index (χ0v) is 19.9. The van der Waals surface area contributed by atoms with Gasteiger partial charge in [-0.25, -0.2) is 0 Å². The van der Waals surface area contributed by atoms with Crippen LogP contribution < -0.4 is 4.74 Å². The molecule has 7 heteroatoms. The Labute approximate surface area is 199 Å². The fraction of sp³-hybridized carbons (Fsp3) is 0.423. The average molecular weight is 472 g/mol. The Hall–Kier alpha value is -2.86. The summed E-state index contributed by atoms with van der Waals surface area (Å²) in [6.07, 6.45) is 6.39. The quantitative estimate of drug-likeness (QED) is 0.511. The van der Waals surface area contributed by atoms with Gasteiger partial charge in [0, 0.05) is 13.6 Å². The van der Waals surface area contributed by atoms with Crippen molar-refractivity contribution in [2.75, 3.05) is 20.7 Å². The lowest BCUT2D eigenvalue weighted by Crippen LogP contribution is -2.37. The molecule has 0 aromatic heterocycles. The molecule has 0 saturated heterocycles. The number of rotatable bonds is 9. The highest BCUT2D eigenvalue weighted by molar-refractivity contribution is 6.34. The third-order valence-corrected chi connectivity index (χ3v) is 6.89. The number of halogens is 1. The van der Waals surface area contributed by atoms with Gasteiger partial charge >= 0.3 is 5.97 Å². The van der Waals surface area contributed by atoms with E-state index in [1.807, 2.05) is 24.3 Å². The number of carboxylic acid groups (broad SMARTS) is 1. The van der Waals surface area contributed by atoms with Gasteiger partial charge in [0.15, 0.2) is 6.29 Å². The van der Waals surface area contributed by atoms with Gasteiger partial charge in [0.05, 0.1) is 28.7 Å². The summed E-state index contributed by atoms with van der Waals surface area (Å²) in [6.45, 7) is 0.501. The Bertz CT molecular complexity index is 1030. The minimum atomic E-state index is -0.787. The van der Waals surface area contributed by atoms with Gasteiger partial charge in [-0.3, -0.25) is 14.4 Å². The number of aldehydes is 1. The second-order valence-electron chi connectivity index (χ2n) is 8.67. The van der Waals surface area contributed by atoms with Crippen LogP contribution in [0.15, 0.2) is 36.4 Å². The van der Waals surface area contributed by atoms with Gasteiger partial charge in [0.2, 0.25) is 0 Å². The van der Waals surface area contributed by atoms with Crippen LogP contribution in [0.1, 0.15) is 70.4 Å². The lowest BCUT2D eigenvalue weighted by molar-refractivity contribution is -0.145. The van der Waals surface area contributed by atoms with Crippen molar-refractivity contribution in [1.82, 2.24) is 4.90 Å². The highest BCUT2D eigenvalue weighted by atomic mass is 35.5. The van der Waals surface area contributed by atoms with E-state index in [0.717, 1.165) is 36.8 Å². The second-order valence-corrected chi connectivity index (χ2v) is 9.08. The molecule has 1 N–H and O–H groups in total. The van der Waals surface area contributed by atoms with Crippen molar-refractivity contribution in [3.05, 3.63) is 63.7 Å². The van der Waals surface area contributed by atoms with Crippen LogP contribution in [0.5, 0.6) is 5.75 Å². The van der Waals surface area contributed by atoms with Crippen LogP contribution >= 0.6 is 11.6 Å². The van der Waals surface area contributed by atoms with E-state index in [1.54, 1.807) is 11.9 Å². The average Bonchev–Trinajstić information content (AvgIpc) is 2.83. The van der Waals surface area contributed by atoms with Crippen LogP contribution in [-0.4, -0.2) is 48.9 Å². The Kier molecular flexibility index (Phi) is 8.14. The van der Waals surface area contributed by atoms with Gasteiger partial charge in [-0.2, -0.15) is 0 Å². The molecule has 0 spiro atoms. The number of aryl methyl sites for hydroxylation is 1. The fourth-order valence-electron chi connectivity index (χ4n) is 4.63. The van der Waals surface area contributed by atoms with Crippen molar-refractivity contribution < 1.29 is 24.2 Å². The molecule has 1 saturated carbocycles. The number of ether oxygens (including phenoxy) is 1. The Morgan fingerprint density at radius 1 is 1.18 bits per heavy atom. The molecule has 1 amide bonds. The van der Waals surface area contributed by atoms with E-state index < -0.39 is 11.4 Å². The molecule has 0 radical (unpaired) electrons. The monoisotopic (exact) mass is 471 g/mol. The van der Waals surface area contributed by atoms with Crippen molar-refractivity contribution in [3.63, 3.8) is 0 Å². The Balaban J connectivity index is 1.66. The summed E-state index contributed by atoms with van der Waals surface area (Å²) in [5, 5.41) is 10.2. The van der Waals surface area contributed by atoms with Crippen LogP contribution in [0.3, 0.4) is 0 Å². The maximum absolute atomic E-state index is 12.9. The summed E-state index contributed by atoms with van der Waals surface area (Å²) in [5.74, 6) is -0.688. The highest BCUT2D eigenvalue weighted by Gasteiger charge is 2.41. The number of carbonyl (C=O) groups excluding carboxylic acids is 2. The molecule has 1 aliphatic carbocycles. The van der Waals surface area contributed by atoms with E-state index in [9.17, 15) is 19.5 Å². The van der Waals surface area contributed by atoms with E-state index in [-0.39, 0.29) is 16.5 Å². The van der Waals surface area contributed by atoms with Crippen LogP contribution in [0.4, 0.5) is 0 Å². The summed E-state index contributed by atoms with van der Waals surface area (Å²) in [7, 11) is 3.14. The van der Waals surface area contributed by atoms with Crippen LogP contribution in [0.2, 0.25) is 5.02 Å². The lowest BCUT2D eigenvalue weighted by Gasteiger charge is -2.34. The number of amides is 1. The summed E-state index contributed by atoms with van der Waals surface area (Å²) >= 11 is 6.23. The molecule has 0 heterocycles. The molecular formula is C26H30ClNO5. The minimum Gasteiger partial charge on any atom is -0.496 e. The van der Waals surface area contributed by atoms with Gasteiger partial charge in [-0.15, -0.1) is 0 Å².